The summed E-state index contributed by atoms with van der Waals surface area (Å²) in [5.74, 6) is 0.422. The van der Waals surface area contributed by atoms with Crippen molar-refractivity contribution in [2.45, 2.75) is 31.8 Å². The SMILES string of the molecule is O=CC[C@@H]1CC[C@@H](Oc2ncc(-c3ccc(NC=O)cc3)cn2)C1. The fraction of sp³-hybridized carbons (Fsp3) is 0.333. The van der Waals surface area contributed by atoms with Crippen molar-refractivity contribution in [1.82, 2.24) is 9.97 Å². The number of aromatic nitrogens is 2. The third-order valence-corrected chi connectivity index (χ3v) is 4.27. The summed E-state index contributed by atoms with van der Waals surface area (Å²) in [5.41, 5.74) is 2.58. The van der Waals surface area contributed by atoms with E-state index in [1.165, 1.54) is 0 Å². The molecule has 0 unspecified atom stereocenters. The maximum absolute atomic E-state index is 10.6. The molecule has 0 saturated heterocycles. The molecule has 2 aromatic rings. The molecule has 0 bridgehead atoms. The smallest absolute Gasteiger partial charge is 0.316 e. The maximum Gasteiger partial charge on any atom is 0.316 e. The molecule has 1 aliphatic rings. The van der Waals surface area contributed by atoms with Crippen LogP contribution < -0.4 is 10.1 Å². The Morgan fingerprint density at radius 3 is 2.50 bits per heavy atom. The lowest BCUT2D eigenvalue weighted by atomic mass is 10.1. The third-order valence-electron chi connectivity index (χ3n) is 4.27. The van der Waals surface area contributed by atoms with Gasteiger partial charge >= 0.3 is 6.01 Å². The number of rotatable bonds is 7. The van der Waals surface area contributed by atoms with Crippen molar-refractivity contribution in [3.05, 3.63) is 36.7 Å². The molecule has 1 fully saturated rings. The Labute approximate surface area is 140 Å². The first-order chi connectivity index (χ1) is 11.8. The van der Waals surface area contributed by atoms with Crippen molar-refractivity contribution in [3.8, 4) is 17.1 Å². The van der Waals surface area contributed by atoms with Crippen LogP contribution in [0.1, 0.15) is 25.7 Å². The maximum atomic E-state index is 10.6. The molecular formula is C18H19N3O3. The molecule has 0 spiro atoms. The summed E-state index contributed by atoms with van der Waals surface area (Å²) < 4.78 is 5.81. The van der Waals surface area contributed by atoms with Gasteiger partial charge in [0, 0.05) is 30.1 Å². The first-order valence-corrected chi connectivity index (χ1v) is 8.01. The molecule has 24 heavy (non-hydrogen) atoms. The van der Waals surface area contributed by atoms with E-state index < -0.39 is 0 Å². The van der Waals surface area contributed by atoms with Crippen molar-refractivity contribution in [2.75, 3.05) is 5.32 Å². The van der Waals surface area contributed by atoms with E-state index in [1.54, 1.807) is 12.4 Å². The molecule has 6 nitrogen and oxygen atoms in total. The summed E-state index contributed by atoms with van der Waals surface area (Å²) in [6, 6.07) is 7.80. The number of ether oxygens (including phenoxy) is 1. The number of anilines is 1. The minimum atomic E-state index is 0.0921. The van der Waals surface area contributed by atoms with Gasteiger partial charge in [0.2, 0.25) is 6.41 Å². The van der Waals surface area contributed by atoms with Crippen LogP contribution in [0.4, 0.5) is 5.69 Å². The van der Waals surface area contributed by atoms with Crippen LogP contribution in [0.25, 0.3) is 11.1 Å². The van der Waals surface area contributed by atoms with Crippen LogP contribution in [-0.2, 0) is 9.59 Å². The van der Waals surface area contributed by atoms with Gasteiger partial charge in [-0.1, -0.05) is 12.1 Å². The zero-order chi connectivity index (χ0) is 16.8. The van der Waals surface area contributed by atoms with Crippen molar-refractivity contribution in [1.29, 1.82) is 0 Å². The number of nitrogens with zero attached hydrogens (tertiary/aromatic N) is 2. The summed E-state index contributed by atoms with van der Waals surface area (Å²) >= 11 is 0. The number of hydrogen-bond donors (Lipinski definition) is 1. The van der Waals surface area contributed by atoms with Gasteiger partial charge < -0.3 is 14.8 Å². The normalized spacial score (nSPS) is 19.7. The highest BCUT2D eigenvalue weighted by molar-refractivity contribution is 5.73. The van der Waals surface area contributed by atoms with Gasteiger partial charge in [0.15, 0.2) is 0 Å². The van der Waals surface area contributed by atoms with Crippen LogP contribution in [0.5, 0.6) is 6.01 Å². The molecule has 1 aromatic carbocycles. The Morgan fingerprint density at radius 2 is 1.83 bits per heavy atom. The number of carbonyl (C=O) groups is 2. The minimum Gasteiger partial charge on any atom is -0.460 e. The third kappa shape index (κ3) is 3.95. The lowest BCUT2D eigenvalue weighted by molar-refractivity contribution is -0.108. The molecule has 1 saturated carbocycles. The first-order valence-electron chi connectivity index (χ1n) is 8.01. The van der Waals surface area contributed by atoms with Gasteiger partial charge in [-0.15, -0.1) is 0 Å². The number of hydrogen-bond acceptors (Lipinski definition) is 5. The fourth-order valence-electron chi connectivity index (χ4n) is 2.99. The Kier molecular flexibility index (Phi) is 5.15. The average Bonchev–Trinajstić information content (AvgIpc) is 3.04. The monoisotopic (exact) mass is 325 g/mol. The largest absolute Gasteiger partial charge is 0.460 e. The summed E-state index contributed by atoms with van der Waals surface area (Å²) in [4.78, 5) is 29.5. The quantitative estimate of drug-likeness (QED) is 0.792. The Morgan fingerprint density at radius 1 is 1.08 bits per heavy atom. The van der Waals surface area contributed by atoms with Gasteiger partial charge in [0.1, 0.15) is 12.4 Å². The van der Waals surface area contributed by atoms with Gasteiger partial charge in [-0.05, 0) is 42.9 Å². The number of carbonyl (C=O) groups excluding carboxylic acids is 2. The van der Waals surface area contributed by atoms with Crippen LogP contribution in [0.15, 0.2) is 36.7 Å². The Hall–Kier alpha value is -2.76. The first kappa shape index (κ1) is 16.1. The predicted octanol–water partition coefficient (Wildman–Crippen LogP) is 2.85. The van der Waals surface area contributed by atoms with E-state index in [1.807, 2.05) is 24.3 Å². The van der Waals surface area contributed by atoms with Crippen molar-refractivity contribution in [2.24, 2.45) is 5.92 Å². The Bertz CT molecular complexity index is 686. The summed E-state index contributed by atoms with van der Waals surface area (Å²) in [6.07, 6.45) is 8.61. The second-order valence-corrected chi connectivity index (χ2v) is 5.92. The number of nitrogens with one attached hydrogen (secondary N) is 1. The molecular weight excluding hydrogens is 306 g/mol. The van der Waals surface area contributed by atoms with E-state index in [9.17, 15) is 9.59 Å². The highest BCUT2D eigenvalue weighted by Gasteiger charge is 2.26. The molecule has 6 heteroatoms. The van der Waals surface area contributed by atoms with Crippen LogP contribution in [-0.4, -0.2) is 28.8 Å². The molecule has 1 aliphatic carbocycles. The highest BCUT2D eigenvalue weighted by Crippen LogP contribution is 2.30. The summed E-state index contributed by atoms with van der Waals surface area (Å²) in [6.45, 7) is 0. The van der Waals surface area contributed by atoms with Crippen LogP contribution >= 0.6 is 0 Å². The van der Waals surface area contributed by atoms with E-state index in [4.69, 9.17) is 4.74 Å². The number of amides is 1. The molecule has 2 atom stereocenters. The molecule has 1 heterocycles. The van der Waals surface area contributed by atoms with E-state index in [0.717, 1.165) is 42.4 Å². The van der Waals surface area contributed by atoms with Gasteiger partial charge in [-0.25, -0.2) is 9.97 Å². The van der Waals surface area contributed by atoms with Crippen molar-refractivity contribution < 1.29 is 14.3 Å². The molecule has 1 N–H and O–H groups in total. The van der Waals surface area contributed by atoms with E-state index >= 15 is 0 Å². The Balaban J connectivity index is 1.61. The summed E-state index contributed by atoms with van der Waals surface area (Å²) in [5, 5.41) is 2.59. The minimum absolute atomic E-state index is 0.0921. The second-order valence-electron chi connectivity index (χ2n) is 5.92. The molecule has 1 amide bonds. The zero-order valence-electron chi connectivity index (χ0n) is 13.2. The van der Waals surface area contributed by atoms with Crippen LogP contribution in [0, 0.1) is 5.92 Å². The number of benzene rings is 1. The molecule has 1 aromatic heterocycles. The summed E-state index contributed by atoms with van der Waals surface area (Å²) in [7, 11) is 0. The van der Waals surface area contributed by atoms with Crippen molar-refractivity contribution >= 4 is 18.4 Å². The molecule has 0 aliphatic heterocycles. The lowest BCUT2D eigenvalue weighted by Crippen LogP contribution is -2.14. The predicted molar refractivity (Wildman–Crippen MR) is 89.6 cm³/mol. The van der Waals surface area contributed by atoms with E-state index in [2.05, 4.69) is 15.3 Å². The number of aldehydes is 1. The average molecular weight is 325 g/mol. The topological polar surface area (TPSA) is 81.2 Å². The van der Waals surface area contributed by atoms with Gasteiger partial charge in [0.05, 0.1) is 0 Å². The van der Waals surface area contributed by atoms with E-state index in [0.29, 0.717) is 24.8 Å². The highest BCUT2D eigenvalue weighted by atomic mass is 16.5. The van der Waals surface area contributed by atoms with Gasteiger partial charge in [-0.3, -0.25) is 4.79 Å². The molecule has 124 valence electrons. The molecule has 0 radical (unpaired) electrons. The van der Waals surface area contributed by atoms with E-state index in [-0.39, 0.29) is 6.10 Å². The van der Waals surface area contributed by atoms with Crippen LogP contribution in [0.3, 0.4) is 0 Å². The molecule has 3 rings (SSSR count). The fourth-order valence-corrected chi connectivity index (χ4v) is 2.99. The van der Waals surface area contributed by atoms with Gasteiger partial charge in [0.25, 0.3) is 0 Å². The van der Waals surface area contributed by atoms with Crippen molar-refractivity contribution in [3.63, 3.8) is 0 Å². The second kappa shape index (κ2) is 7.68. The zero-order valence-corrected chi connectivity index (χ0v) is 13.2. The standard InChI is InChI=1S/C18H19N3O3/c22-8-7-13-1-6-17(9-13)24-18-19-10-15(11-20-18)14-2-4-16(5-3-14)21-12-23/h2-5,8,10-13,17H,1,6-7,9H2,(H,21,23)/t13-,17+/m0/s1. The van der Waals surface area contributed by atoms with Crippen LogP contribution in [0.2, 0.25) is 0 Å². The lowest BCUT2D eigenvalue weighted by Gasteiger charge is -2.12. The van der Waals surface area contributed by atoms with Gasteiger partial charge in [-0.2, -0.15) is 0 Å².